The summed E-state index contributed by atoms with van der Waals surface area (Å²) in [6, 6.07) is 0.134. The van der Waals surface area contributed by atoms with Gasteiger partial charge < -0.3 is 15.2 Å². The Morgan fingerprint density at radius 3 is 2.94 bits per heavy atom. The first-order valence-electron chi connectivity index (χ1n) is 5.92. The van der Waals surface area contributed by atoms with Gasteiger partial charge in [0.25, 0.3) is 0 Å². The molecule has 5 nitrogen and oxygen atoms in total. The predicted molar refractivity (Wildman–Crippen MR) is 61.3 cm³/mol. The molecule has 1 saturated heterocycles. The number of aliphatic hydroxyl groups excluding tert-OH is 1. The summed E-state index contributed by atoms with van der Waals surface area (Å²) in [5, 5.41) is 11.8. The summed E-state index contributed by atoms with van der Waals surface area (Å²) in [6.07, 6.45) is 0.631. The number of hydrogen-bond donors (Lipinski definition) is 2. The minimum absolute atomic E-state index is 0.134. The molecular weight excluding hydrogens is 208 g/mol. The van der Waals surface area contributed by atoms with E-state index in [0.29, 0.717) is 19.1 Å². The summed E-state index contributed by atoms with van der Waals surface area (Å²) in [5.41, 5.74) is 0. The van der Waals surface area contributed by atoms with E-state index < -0.39 is 0 Å². The fraction of sp³-hybridized carbons (Fsp3) is 0.909. The molecule has 0 aromatic carbocycles. The lowest BCUT2D eigenvalue weighted by atomic mass is 9.96. The maximum atomic E-state index is 11.3. The van der Waals surface area contributed by atoms with Crippen LogP contribution in [-0.2, 0) is 4.74 Å². The number of piperidine rings is 1. The van der Waals surface area contributed by atoms with Gasteiger partial charge in [-0.15, -0.1) is 0 Å². The highest BCUT2D eigenvalue weighted by Gasteiger charge is 2.25. The first kappa shape index (κ1) is 13.3. The minimum atomic E-state index is -0.342. The Morgan fingerprint density at radius 2 is 2.31 bits per heavy atom. The van der Waals surface area contributed by atoms with Crippen molar-refractivity contribution >= 4 is 6.09 Å². The summed E-state index contributed by atoms with van der Waals surface area (Å²) in [7, 11) is 0. The van der Waals surface area contributed by atoms with Crippen LogP contribution in [0.3, 0.4) is 0 Å². The van der Waals surface area contributed by atoms with E-state index in [2.05, 4.69) is 17.1 Å². The molecule has 1 rings (SSSR count). The van der Waals surface area contributed by atoms with Crippen LogP contribution in [0.4, 0.5) is 4.79 Å². The van der Waals surface area contributed by atoms with Gasteiger partial charge in [-0.1, -0.05) is 6.92 Å². The average molecular weight is 230 g/mol. The van der Waals surface area contributed by atoms with Crippen molar-refractivity contribution in [2.24, 2.45) is 5.92 Å². The highest BCUT2D eigenvalue weighted by atomic mass is 16.5. The molecule has 1 aliphatic heterocycles. The molecule has 1 aliphatic rings. The second-order valence-electron chi connectivity index (χ2n) is 4.39. The lowest BCUT2D eigenvalue weighted by Gasteiger charge is -2.36. The van der Waals surface area contributed by atoms with Crippen LogP contribution in [0.2, 0.25) is 0 Å². The molecule has 0 aromatic heterocycles. The number of nitrogens with zero attached hydrogens (tertiary/aromatic N) is 1. The third-order valence-electron chi connectivity index (χ3n) is 2.75. The van der Waals surface area contributed by atoms with E-state index in [9.17, 15) is 4.79 Å². The second-order valence-corrected chi connectivity index (χ2v) is 4.39. The number of carbonyl (C=O) groups excluding carboxylic acids is 1. The SMILES string of the molecule is CCOC(=O)NC1CC(C)CN(CCO)C1. The normalized spacial score (nSPS) is 26.4. The van der Waals surface area contributed by atoms with Gasteiger partial charge in [0.1, 0.15) is 0 Å². The Morgan fingerprint density at radius 1 is 1.56 bits per heavy atom. The number of aliphatic hydroxyl groups is 1. The van der Waals surface area contributed by atoms with Gasteiger partial charge in [-0.2, -0.15) is 0 Å². The van der Waals surface area contributed by atoms with Crippen molar-refractivity contribution < 1.29 is 14.6 Å². The Hall–Kier alpha value is -0.810. The van der Waals surface area contributed by atoms with Crippen LogP contribution < -0.4 is 5.32 Å². The molecule has 1 fully saturated rings. The average Bonchev–Trinajstić information content (AvgIpc) is 2.17. The summed E-state index contributed by atoms with van der Waals surface area (Å²) in [4.78, 5) is 13.5. The molecule has 1 heterocycles. The fourth-order valence-electron chi connectivity index (χ4n) is 2.23. The lowest BCUT2D eigenvalue weighted by Crippen LogP contribution is -2.51. The summed E-state index contributed by atoms with van der Waals surface area (Å²) < 4.78 is 4.86. The molecule has 2 N–H and O–H groups in total. The Kier molecular flexibility index (Phi) is 5.55. The van der Waals surface area contributed by atoms with E-state index in [1.54, 1.807) is 6.92 Å². The molecule has 0 bridgehead atoms. The zero-order chi connectivity index (χ0) is 12.0. The van der Waals surface area contributed by atoms with Crippen LogP contribution in [0.5, 0.6) is 0 Å². The van der Waals surface area contributed by atoms with Crippen molar-refractivity contribution in [3.8, 4) is 0 Å². The van der Waals surface area contributed by atoms with Gasteiger partial charge in [-0.3, -0.25) is 4.90 Å². The molecule has 0 spiro atoms. The van der Waals surface area contributed by atoms with E-state index in [1.165, 1.54) is 0 Å². The van der Waals surface area contributed by atoms with E-state index >= 15 is 0 Å². The molecule has 16 heavy (non-hydrogen) atoms. The Balaban J connectivity index is 2.37. The van der Waals surface area contributed by atoms with Crippen LogP contribution in [0.1, 0.15) is 20.3 Å². The van der Waals surface area contributed by atoms with Crippen LogP contribution in [-0.4, -0.2) is 55.0 Å². The number of alkyl carbamates (subject to hydrolysis) is 1. The van der Waals surface area contributed by atoms with Crippen molar-refractivity contribution in [1.29, 1.82) is 0 Å². The molecular formula is C11H22N2O3. The van der Waals surface area contributed by atoms with E-state index in [4.69, 9.17) is 9.84 Å². The standard InChI is InChI=1S/C11H22N2O3/c1-3-16-11(15)12-10-6-9(2)7-13(8-10)4-5-14/h9-10,14H,3-8H2,1-2H3,(H,12,15). The first-order chi connectivity index (χ1) is 7.65. The maximum Gasteiger partial charge on any atom is 0.407 e. The number of amides is 1. The third-order valence-corrected chi connectivity index (χ3v) is 2.75. The van der Waals surface area contributed by atoms with Crippen LogP contribution >= 0.6 is 0 Å². The summed E-state index contributed by atoms with van der Waals surface area (Å²) in [5.74, 6) is 0.534. The second kappa shape index (κ2) is 6.70. The molecule has 1 amide bonds. The largest absolute Gasteiger partial charge is 0.450 e. The highest BCUT2D eigenvalue weighted by molar-refractivity contribution is 5.67. The smallest absolute Gasteiger partial charge is 0.407 e. The molecule has 0 aromatic rings. The number of carbonyl (C=O) groups is 1. The van der Waals surface area contributed by atoms with Crippen molar-refractivity contribution in [3.05, 3.63) is 0 Å². The van der Waals surface area contributed by atoms with Gasteiger partial charge in [0, 0.05) is 25.7 Å². The molecule has 0 saturated carbocycles. The molecule has 2 unspecified atom stereocenters. The number of rotatable bonds is 4. The number of nitrogens with one attached hydrogen (secondary N) is 1. The van der Waals surface area contributed by atoms with Gasteiger partial charge in [0.2, 0.25) is 0 Å². The van der Waals surface area contributed by atoms with Gasteiger partial charge in [-0.25, -0.2) is 4.79 Å². The molecule has 0 aliphatic carbocycles. The predicted octanol–water partition coefficient (Wildman–Crippen LogP) is 0.435. The number of β-amino-alcohol motifs (C(OH)–C–C–N with tert-alkyl or cyclic N) is 1. The van der Waals surface area contributed by atoms with Crippen molar-refractivity contribution in [1.82, 2.24) is 10.2 Å². The van der Waals surface area contributed by atoms with Gasteiger partial charge in [0.05, 0.1) is 13.2 Å². The van der Waals surface area contributed by atoms with E-state index in [0.717, 1.165) is 19.5 Å². The van der Waals surface area contributed by atoms with Gasteiger partial charge in [-0.05, 0) is 19.3 Å². The number of hydrogen-bond acceptors (Lipinski definition) is 4. The topological polar surface area (TPSA) is 61.8 Å². The maximum absolute atomic E-state index is 11.3. The Labute approximate surface area is 96.8 Å². The fourth-order valence-corrected chi connectivity index (χ4v) is 2.23. The molecule has 0 radical (unpaired) electrons. The monoisotopic (exact) mass is 230 g/mol. The zero-order valence-electron chi connectivity index (χ0n) is 10.1. The number of likely N-dealkylation sites (tertiary alicyclic amines) is 1. The van der Waals surface area contributed by atoms with Crippen LogP contribution in [0, 0.1) is 5.92 Å². The third kappa shape index (κ3) is 4.37. The van der Waals surface area contributed by atoms with Crippen molar-refractivity contribution in [2.75, 3.05) is 32.8 Å². The lowest BCUT2D eigenvalue weighted by molar-refractivity contribution is 0.108. The van der Waals surface area contributed by atoms with Crippen LogP contribution in [0.15, 0.2) is 0 Å². The van der Waals surface area contributed by atoms with Gasteiger partial charge in [0.15, 0.2) is 0 Å². The molecule has 94 valence electrons. The quantitative estimate of drug-likeness (QED) is 0.735. The highest BCUT2D eigenvalue weighted by Crippen LogP contribution is 2.15. The van der Waals surface area contributed by atoms with E-state index in [1.807, 2.05) is 0 Å². The first-order valence-corrected chi connectivity index (χ1v) is 5.92. The summed E-state index contributed by atoms with van der Waals surface area (Å²) >= 11 is 0. The van der Waals surface area contributed by atoms with Crippen molar-refractivity contribution in [3.63, 3.8) is 0 Å². The van der Waals surface area contributed by atoms with Crippen molar-refractivity contribution in [2.45, 2.75) is 26.3 Å². The minimum Gasteiger partial charge on any atom is -0.450 e. The summed E-state index contributed by atoms with van der Waals surface area (Å²) in [6.45, 7) is 6.97. The molecule has 5 heteroatoms. The molecule has 2 atom stereocenters. The Bertz CT molecular complexity index is 223. The van der Waals surface area contributed by atoms with Crippen LogP contribution in [0.25, 0.3) is 0 Å². The van der Waals surface area contributed by atoms with E-state index in [-0.39, 0.29) is 18.7 Å². The zero-order valence-corrected chi connectivity index (χ0v) is 10.1. The number of ether oxygens (including phenoxy) is 1. The van der Waals surface area contributed by atoms with Gasteiger partial charge >= 0.3 is 6.09 Å².